The first-order valence-corrected chi connectivity index (χ1v) is 3.07. The van der Waals surface area contributed by atoms with Crippen LogP contribution in [0.25, 0.3) is 0 Å². The Hall–Kier alpha value is -1.52. The first kappa shape index (κ1) is 7.59. The molecule has 0 saturated carbocycles. The zero-order valence-electron chi connectivity index (χ0n) is 6.03. The topological polar surface area (TPSA) is 58.6 Å². The lowest BCUT2D eigenvalue weighted by Crippen LogP contribution is -2.43. The summed E-state index contributed by atoms with van der Waals surface area (Å²) in [6, 6.07) is -0.459. The second-order valence-electron chi connectivity index (χ2n) is 1.91. The van der Waals surface area contributed by atoms with Crippen molar-refractivity contribution in [2.24, 2.45) is 0 Å². The molecule has 0 radical (unpaired) electrons. The van der Waals surface area contributed by atoms with Crippen molar-refractivity contribution in [1.29, 1.82) is 0 Å². The number of hydrogen-bond donors (Lipinski definition) is 1. The van der Waals surface area contributed by atoms with E-state index in [2.05, 4.69) is 10.1 Å². The summed E-state index contributed by atoms with van der Waals surface area (Å²) in [6.45, 7) is 0.451. The molecule has 0 bridgehead atoms. The summed E-state index contributed by atoms with van der Waals surface area (Å²) < 4.78 is 4.34. The molecule has 5 heteroatoms. The summed E-state index contributed by atoms with van der Waals surface area (Å²) in [5, 5.41) is 2.45. The molecule has 1 N–H and O–H groups in total. The van der Waals surface area contributed by atoms with Crippen molar-refractivity contribution >= 4 is 12.1 Å². The van der Waals surface area contributed by atoms with Crippen LogP contribution in [0.4, 0.5) is 9.59 Å². The van der Waals surface area contributed by atoms with Gasteiger partial charge in [-0.3, -0.25) is 0 Å². The number of amides is 3. The lowest BCUT2D eigenvalue weighted by Gasteiger charge is -2.18. The Balaban J connectivity index is 2.69. The minimum atomic E-state index is -0.682. The fraction of sp³-hybridized carbons (Fsp3) is 0.333. The molecule has 1 heterocycles. The number of hydrogen-bond acceptors (Lipinski definition) is 3. The molecule has 0 saturated heterocycles. The number of carbonyl (C=O) groups excluding carboxylic acids is 2. The first-order valence-electron chi connectivity index (χ1n) is 3.07. The molecule has 0 unspecified atom stereocenters. The van der Waals surface area contributed by atoms with E-state index in [-0.39, 0.29) is 0 Å². The smallest absolute Gasteiger partial charge is 0.421 e. The van der Waals surface area contributed by atoms with Gasteiger partial charge < -0.3 is 10.1 Å². The molecular weight excluding hydrogens is 148 g/mol. The van der Waals surface area contributed by atoms with Gasteiger partial charge >= 0.3 is 12.1 Å². The van der Waals surface area contributed by atoms with Crippen molar-refractivity contribution < 1.29 is 14.3 Å². The highest BCUT2D eigenvalue weighted by Gasteiger charge is 2.20. The molecule has 0 spiro atoms. The van der Waals surface area contributed by atoms with Crippen molar-refractivity contribution in [3.8, 4) is 0 Å². The fourth-order valence-corrected chi connectivity index (χ4v) is 0.699. The summed E-state index contributed by atoms with van der Waals surface area (Å²) in [7, 11) is 1.22. The number of nitrogens with one attached hydrogen (secondary N) is 1. The van der Waals surface area contributed by atoms with Crippen LogP contribution in [0.5, 0.6) is 0 Å². The third-order valence-corrected chi connectivity index (χ3v) is 1.22. The van der Waals surface area contributed by atoms with Gasteiger partial charge in [0, 0.05) is 12.7 Å². The van der Waals surface area contributed by atoms with Crippen LogP contribution >= 0.6 is 0 Å². The maximum absolute atomic E-state index is 10.9. The maximum atomic E-state index is 10.9. The van der Waals surface area contributed by atoms with E-state index in [0.717, 1.165) is 4.90 Å². The van der Waals surface area contributed by atoms with Gasteiger partial charge in [0.1, 0.15) is 0 Å². The van der Waals surface area contributed by atoms with E-state index in [4.69, 9.17) is 0 Å². The number of nitrogens with zero attached hydrogens (tertiary/aromatic N) is 1. The normalized spacial score (nSPS) is 16.1. The Morgan fingerprint density at radius 2 is 2.55 bits per heavy atom. The molecule has 11 heavy (non-hydrogen) atoms. The van der Waals surface area contributed by atoms with Crippen LogP contribution in [0, 0.1) is 0 Å². The van der Waals surface area contributed by atoms with E-state index in [1.807, 2.05) is 0 Å². The van der Waals surface area contributed by atoms with Crippen molar-refractivity contribution in [3.63, 3.8) is 0 Å². The second kappa shape index (κ2) is 3.05. The van der Waals surface area contributed by atoms with Gasteiger partial charge in [-0.25, -0.2) is 14.5 Å². The van der Waals surface area contributed by atoms with Gasteiger partial charge in [-0.1, -0.05) is 0 Å². The van der Waals surface area contributed by atoms with Gasteiger partial charge in [0.15, 0.2) is 0 Å². The summed E-state index contributed by atoms with van der Waals surface area (Å²) in [5.41, 5.74) is 0. The molecule has 0 fully saturated rings. The summed E-state index contributed by atoms with van der Waals surface area (Å²) in [6.07, 6.45) is 2.35. The van der Waals surface area contributed by atoms with Gasteiger partial charge in [0.25, 0.3) is 0 Å². The number of rotatable bonds is 0. The van der Waals surface area contributed by atoms with Crippen LogP contribution in [-0.4, -0.2) is 30.7 Å². The van der Waals surface area contributed by atoms with Crippen LogP contribution < -0.4 is 5.32 Å². The third kappa shape index (κ3) is 1.49. The lowest BCUT2D eigenvalue weighted by atomic mass is 10.5. The lowest BCUT2D eigenvalue weighted by molar-refractivity contribution is 0.141. The summed E-state index contributed by atoms with van der Waals surface area (Å²) in [4.78, 5) is 22.5. The van der Waals surface area contributed by atoms with Gasteiger partial charge in [0.2, 0.25) is 0 Å². The monoisotopic (exact) mass is 156 g/mol. The van der Waals surface area contributed by atoms with E-state index >= 15 is 0 Å². The molecule has 0 aromatic heterocycles. The van der Waals surface area contributed by atoms with Crippen LogP contribution in [-0.2, 0) is 4.74 Å². The zero-order valence-corrected chi connectivity index (χ0v) is 6.03. The average Bonchev–Trinajstić information content (AvgIpc) is 2.04. The zero-order chi connectivity index (χ0) is 8.27. The van der Waals surface area contributed by atoms with Crippen LogP contribution in [0.1, 0.15) is 0 Å². The van der Waals surface area contributed by atoms with Gasteiger partial charge in [-0.15, -0.1) is 0 Å². The number of carbonyl (C=O) groups is 2. The summed E-state index contributed by atoms with van der Waals surface area (Å²) in [5.74, 6) is 0. The van der Waals surface area contributed by atoms with Crippen LogP contribution in [0.15, 0.2) is 12.3 Å². The van der Waals surface area contributed by atoms with Crippen molar-refractivity contribution in [2.75, 3.05) is 13.7 Å². The highest BCUT2D eigenvalue weighted by Crippen LogP contribution is 1.98. The number of imide groups is 1. The van der Waals surface area contributed by atoms with Crippen molar-refractivity contribution in [3.05, 3.63) is 12.3 Å². The summed E-state index contributed by atoms with van der Waals surface area (Å²) >= 11 is 0. The Labute approximate surface area is 63.6 Å². The largest absolute Gasteiger partial charge is 0.452 e. The van der Waals surface area contributed by atoms with Crippen molar-refractivity contribution in [1.82, 2.24) is 10.2 Å². The number of methoxy groups -OCH3 is 1. The first-order chi connectivity index (χ1) is 5.25. The van der Waals surface area contributed by atoms with Gasteiger partial charge in [-0.05, 0) is 6.08 Å². The van der Waals surface area contributed by atoms with E-state index in [1.54, 1.807) is 6.08 Å². The van der Waals surface area contributed by atoms with E-state index in [1.165, 1.54) is 13.3 Å². The predicted molar refractivity (Wildman–Crippen MR) is 36.8 cm³/mol. The molecule has 3 amide bonds. The molecule has 1 aliphatic heterocycles. The molecule has 0 atom stereocenters. The van der Waals surface area contributed by atoms with E-state index < -0.39 is 12.1 Å². The molecule has 0 aromatic rings. The molecule has 5 nitrogen and oxygen atoms in total. The van der Waals surface area contributed by atoms with Gasteiger partial charge in [-0.2, -0.15) is 0 Å². The Morgan fingerprint density at radius 3 is 3.09 bits per heavy atom. The number of ether oxygens (including phenoxy) is 1. The predicted octanol–water partition coefficient (Wildman–Crippen LogP) is 0.292. The molecular formula is C6H8N2O3. The standard InChI is InChI=1S/C6H8N2O3/c1-11-6(10)8-4-2-3-7-5(8)9/h2,4H,3H2,1H3,(H,7,9). The van der Waals surface area contributed by atoms with Gasteiger partial charge in [0.05, 0.1) is 7.11 Å². The van der Waals surface area contributed by atoms with Crippen LogP contribution in [0.2, 0.25) is 0 Å². The Morgan fingerprint density at radius 1 is 1.82 bits per heavy atom. The molecule has 1 aliphatic rings. The molecule has 0 aromatic carbocycles. The SMILES string of the molecule is COC(=O)N1C=CCNC1=O. The van der Waals surface area contributed by atoms with E-state index in [0.29, 0.717) is 6.54 Å². The molecule has 0 aliphatic carbocycles. The maximum Gasteiger partial charge on any atom is 0.421 e. The average molecular weight is 156 g/mol. The minimum absolute atomic E-state index is 0.451. The quantitative estimate of drug-likeness (QED) is 0.548. The molecule has 60 valence electrons. The highest BCUT2D eigenvalue weighted by atomic mass is 16.5. The minimum Gasteiger partial charge on any atom is -0.452 e. The Kier molecular flexibility index (Phi) is 2.10. The van der Waals surface area contributed by atoms with Crippen LogP contribution in [0.3, 0.4) is 0 Å². The second-order valence-corrected chi connectivity index (χ2v) is 1.91. The Bertz CT molecular complexity index is 212. The number of urea groups is 1. The third-order valence-electron chi connectivity index (χ3n) is 1.22. The molecule has 1 rings (SSSR count). The fourth-order valence-electron chi connectivity index (χ4n) is 0.699. The van der Waals surface area contributed by atoms with E-state index in [9.17, 15) is 9.59 Å². The van der Waals surface area contributed by atoms with Crippen molar-refractivity contribution in [2.45, 2.75) is 0 Å². The highest BCUT2D eigenvalue weighted by molar-refractivity contribution is 5.92.